The Morgan fingerprint density at radius 2 is 1.90 bits per heavy atom. The third-order valence-electron chi connectivity index (χ3n) is 7.56. The number of halogens is 2. The second kappa shape index (κ2) is 12.0. The lowest BCUT2D eigenvalue weighted by atomic mass is 9.95. The third kappa shape index (κ3) is 6.78. The van der Waals surface area contributed by atoms with Crippen LogP contribution >= 0.6 is 0 Å². The summed E-state index contributed by atoms with van der Waals surface area (Å²) >= 11 is 0. The third-order valence-corrected chi connectivity index (χ3v) is 7.56. The maximum absolute atomic E-state index is 14.1. The zero-order chi connectivity index (χ0) is 29.1. The molecule has 1 aromatic heterocycles. The van der Waals surface area contributed by atoms with Crippen LogP contribution in [-0.2, 0) is 4.74 Å². The van der Waals surface area contributed by atoms with Crippen LogP contribution in [0.4, 0.5) is 13.6 Å². The number of aromatic nitrogens is 1. The summed E-state index contributed by atoms with van der Waals surface area (Å²) in [4.78, 5) is 22.0. The minimum atomic E-state index is -0.649. The van der Waals surface area contributed by atoms with Gasteiger partial charge in [0, 0.05) is 60.7 Å². The van der Waals surface area contributed by atoms with Gasteiger partial charge in [0.05, 0.1) is 19.2 Å². The lowest BCUT2D eigenvalue weighted by Gasteiger charge is -2.39. The van der Waals surface area contributed by atoms with Crippen molar-refractivity contribution in [3.05, 3.63) is 71.3 Å². The van der Waals surface area contributed by atoms with Gasteiger partial charge in [0.1, 0.15) is 23.0 Å². The predicted octanol–water partition coefficient (Wildman–Crippen LogP) is 6.41. The Kier molecular flexibility index (Phi) is 8.45. The number of amides is 1. The number of nitrogens with zero attached hydrogens (tertiary/aromatic N) is 3. The van der Waals surface area contributed by atoms with Gasteiger partial charge in [-0.2, -0.15) is 0 Å². The van der Waals surface area contributed by atoms with E-state index >= 15 is 0 Å². The van der Waals surface area contributed by atoms with E-state index in [4.69, 9.17) is 19.2 Å². The lowest BCUT2D eigenvalue weighted by Crippen LogP contribution is -2.49. The van der Waals surface area contributed by atoms with E-state index in [0.717, 1.165) is 72.9 Å². The zero-order valence-electron chi connectivity index (χ0n) is 24.0. The average molecular weight is 566 g/mol. The van der Waals surface area contributed by atoms with E-state index in [0.29, 0.717) is 12.5 Å². The minimum absolute atomic E-state index is 0.0398. The number of likely N-dealkylation sites (tertiary alicyclic amines) is 1. The molecule has 1 unspecified atom stereocenters. The summed E-state index contributed by atoms with van der Waals surface area (Å²) in [5.41, 5.74) is 1.53. The van der Waals surface area contributed by atoms with E-state index in [1.165, 1.54) is 6.08 Å². The molecular formula is C32H37F2N3O4. The highest BCUT2D eigenvalue weighted by atomic mass is 19.1. The highest BCUT2D eigenvalue weighted by molar-refractivity contribution is 5.85. The number of carbonyl (C=O) groups is 1. The van der Waals surface area contributed by atoms with Gasteiger partial charge in [-0.15, -0.1) is 0 Å². The van der Waals surface area contributed by atoms with Crippen LogP contribution in [0.1, 0.15) is 50.7 Å². The number of benzene rings is 2. The van der Waals surface area contributed by atoms with Crippen molar-refractivity contribution in [2.75, 3.05) is 39.9 Å². The molecule has 3 heterocycles. The van der Waals surface area contributed by atoms with E-state index in [1.54, 1.807) is 18.1 Å². The monoisotopic (exact) mass is 565 g/mol. The van der Waals surface area contributed by atoms with Gasteiger partial charge in [-0.25, -0.2) is 18.6 Å². The quantitative estimate of drug-likeness (QED) is 0.330. The summed E-state index contributed by atoms with van der Waals surface area (Å²) in [6, 6.07) is 11.2. The van der Waals surface area contributed by atoms with Crippen molar-refractivity contribution in [2.45, 2.75) is 51.2 Å². The lowest BCUT2D eigenvalue weighted by molar-refractivity contribution is 0.0110. The van der Waals surface area contributed by atoms with Crippen LogP contribution in [0.3, 0.4) is 0 Å². The summed E-state index contributed by atoms with van der Waals surface area (Å²) in [7, 11) is 1.62. The van der Waals surface area contributed by atoms with Gasteiger partial charge in [-0.3, -0.25) is 0 Å². The maximum Gasteiger partial charge on any atom is 0.410 e. The van der Waals surface area contributed by atoms with Gasteiger partial charge in [0.25, 0.3) is 0 Å². The molecule has 1 atom stereocenters. The van der Waals surface area contributed by atoms with Gasteiger partial charge >= 0.3 is 6.09 Å². The van der Waals surface area contributed by atoms with Crippen LogP contribution in [0.2, 0.25) is 0 Å². The first-order valence-electron chi connectivity index (χ1n) is 14.1. The number of ether oxygens (including phenoxy) is 3. The Morgan fingerprint density at radius 3 is 2.63 bits per heavy atom. The molecule has 0 spiro atoms. The Labute approximate surface area is 239 Å². The largest absolute Gasteiger partial charge is 0.493 e. The van der Waals surface area contributed by atoms with Gasteiger partial charge in [0.15, 0.2) is 0 Å². The molecule has 218 valence electrons. The smallest absolute Gasteiger partial charge is 0.410 e. The fourth-order valence-corrected chi connectivity index (χ4v) is 5.58. The highest BCUT2D eigenvalue weighted by Gasteiger charge is 2.34. The molecule has 1 saturated heterocycles. The molecule has 1 fully saturated rings. The number of rotatable bonds is 7. The Balaban J connectivity index is 1.26. The number of fused-ring (bicyclic) bond motifs is 3. The normalized spacial score (nSPS) is 18.0. The molecule has 0 N–H and O–H groups in total. The molecule has 3 aromatic rings. The first kappa shape index (κ1) is 28.8. The van der Waals surface area contributed by atoms with Crippen molar-refractivity contribution in [1.29, 1.82) is 0 Å². The van der Waals surface area contributed by atoms with E-state index in [1.807, 2.05) is 45.0 Å². The van der Waals surface area contributed by atoms with Crippen LogP contribution in [0.25, 0.3) is 17.0 Å². The number of hydrogen-bond donors (Lipinski definition) is 0. The number of methoxy groups -OCH3 is 1. The number of piperidine rings is 1. The van der Waals surface area contributed by atoms with Crippen LogP contribution in [0.15, 0.2) is 48.5 Å². The van der Waals surface area contributed by atoms with E-state index in [-0.39, 0.29) is 24.1 Å². The molecule has 9 heteroatoms. The summed E-state index contributed by atoms with van der Waals surface area (Å²) in [6.45, 7) is 8.76. The van der Waals surface area contributed by atoms with Gasteiger partial charge < -0.3 is 24.0 Å². The number of hydrogen-bond acceptors (Lipinski definition) is 6. The second-order valence-electron chi connectivity index (χ2n) is 11.6. The van der Waals surface area contributed by atoms with Crippen molar-refractivity contribution in [1.82, 2.24) is 14.8 Å². The van der Waals surface area contributed by atoms with Gasteiger partial charge in [-0.1, -0.05) is 12.2 Å². The minimum Gasteiger partial charge on any atom is -0.493 e. The molecule has 2 aliphatic rings. The number of carbonyl (C=O) groups excluding carboxylic acids is 1. The number of pyridine rings is 1. The molecule has 1 amide bonds. The fraction of sp³-hybridized carbons (Fsp3) is 0.438. The van der Waals surface area contributed by atoms with Crippen molar-refractivity contribution >= 4 is 23.1 Å². The standard InChI is InChI=1S/C32H37F2N3O4/c1-32(2,3)41-31(38)37(15-5-6-22-18-24(33)9-10-26(22)34)25-13-16-36(17-14-25)19-23-20-40-27-11-7-21-8-12-28(39-4)35-30(21)29(23)27/h5-12,18,23,25H,13-17,19-20H2,1-4H3/b6-5+. The molecule has 41 heavy (non-hydrogen) atoms. The fourth-order valence-electron chi connectivity index (χ4n) is 5.58. The molecule has 0 saturated carbocycles. The molecule has 2 aliphatic heterocycles. The van der Waals surface area contributed by atoms with Crippen LogP contribution < -0.4 is 9.47 Å². The van der Waals surface area contributed by atoms with Crippen LogP contribution in [0.5, 0.6) is 11.6 Å². The summed E-state index contributed by atoms with van der Waals surface area (Å²) < 4.78 is 44.8. The Bertz CT molecular complexity index is 1430. The van der Waals surface area contributed by atoms with Crippen LogP contribution in [-0.4, -0.2) is 72.4 Å². The molecule has 0 radical (unpaired) electrons. The van der Waals surface area contributed by atoms with Crippen molar-refractivity contribution < 1.29 is 27.8 Å². The molecule has 2 aromatic carbocycles. The van der Waals surface area contributed by atoms with Gasteiger partial charge in [0.2, 0.25) is 5.88 Å². The van der Waals surface area contributed by atoms with Gasteiger partial charge in [-0.05, 0) is 70.0 Å². The highest BCUT2D eigenvalue weighted by Crippen LogP contribution is 2.40. The second-order valence-corrected chi connectivity index (χ2v) is 11.6. The first-order valence-corrected chi connectivity index (χ1v) is 14.1. The molecule has 7 nitrogen and oxygen atoms in total. The van der Waals surface area contributed by atoms with Crippen molar-refractivity contribution in [3.63, 3.8) is 0 Å². The predicted molar refractivity (Wildman–Crippen MR) is 154 cm³/mol. The summed E-state index contributed by atoms with van der Waals surface area (Å²) in [6.07, 6.45) is 4.32. The van der Waals surface area contributed by atoms with Crippen molar-refractivity contribution in [2.24, 2.45) is 0 Å². The Hall–Kier alpha value is -3.72. The van der Waals surface area contributed by atoms with Crippen LogP contribution in [0, 0.1) is 11.6 Å². The molecular weight excluding hydrogens is 528 g/mol. The first-order chi connectivity index (χ1) is 19.6. The van der Waals surface area contributed by atoms with E-state index < -0.39 is 23.3 Å². The van der Waals surface area contributed by atoms with Crippen molar-refractivity contribution in [3.8, 4) is 11.6 Å². The zero-order valence-corrected chi connectivity index (χ0v) is 24.0. The molecule has 0 bridgehead atoms. The maximum atomic E-state index is 14.1. The molecule has 5 rings (SSSR count). The average Bonchev–Trinajstić information content (AvgIpc) is 3.35. The summed E-state index contributed by atoms with van der Waals surface area (Å²) in [5, 5.41) is 1.05. The summed E-state index contributed by atoms with van der Waals surface area (Å²) in [5.74, 6) is 0.597. The Morgan fingerprint density at radius 1 is 1.15 bits per heavy atom. The molecule has 0 aliphatic carbocycles. The topological polar surface area (TPSA) is 64.1 Å². The SMILES string of the molecule is COc1ccc2ccc3c(c2n1)C(CN1CCC(N(C/C=C/c2cc(F)ccc2F)C(=O)OC(C)(C)C)CC1)CO3. The van der Waals surface area contributed by atoms with E-state index in [9.17, 15) is 13.6 Å². The van der Waals surface area contributed by atoms with E-state index in [2.05, 4.69) is 4.90 Å².